The highest BCUT2D eigenvalue weighted by atomic mass is 32.2. The van der Waals surface area contributed by atoms with Crippen molar-refractivity contribution in [2.45, 2.75) is 38.9 Å². The third-order valence-electron chi connectivity index (χ3n) is 2.95. The van der Waals surface area contributed by atoms with E-state index >= 15 is 0 Å². The number of para-hydroxylation sites is 1. The Morgan fingerprint density at radius 2 is 2.05 bits per heavy atom. The fourth-order valence-electron chi connectivity index (χ4n) is 1.79. The number of benzene rings is 1. The molecule has 1 amide bonds. The first-order chi connectivity index (χ1) is 8.95. The molecule has 19 heavy (non-hydrogen) atoms. The fourth-order valence-corrected chi connectivity index (χ4v) is 2.40. The highest BCUT2D eigenvalue weighted by molar-refractivity contribution is 8.00. The molecule has 0 fully saturated rings. The quantitative estimate of drug-likeness (QED) is 0.842. The van der Waals surface area contributed by atoms with Crippen molar-refractivity contribution in [3.63, 3.8) is 0 Å². The molecule has 0 unspecified atom stereocenters. The summed E-state index contributed by atoms with van der Waals surface area (Å²) in [7, 11) is 0. The van der Waals surface area contributed by atoms with Gasteiger partial charge in [0.05, 0.1) is 12.4 Å². The van der Waals surface area contributed by atoms with Crippen LogP contribution in [0.25, 0.3) is 0 Å². The molecule has 0 saturated carbocycles. The number of hydrogen-bond acceptors (Lipinski definition) is 3. The van der Waals surface area contributed by atoms with Crippen molar-refractivity contribution in [1.29, 1.82) is 0 Å². The number of rotatable bonds is 6. The molecule has 1 rings (SSSR count). The van der Waals surface area contributed by atoms with Gasteiger partial charge >= 0.3 is 0 Å². The molecule has 0 aromatic heterocycles. The zero-order chi connectivity index (χ0) is 14.4. The Labute approximate surface area is 119 Å². The van der Waals surface area contributed by atoms with E-state index in [0.29, 0.717) is 11.7 Å². The van der Waals surface area contributed by atoms with E-state index in [1.54, 1.807) is 0 Å². The van der Waals surface area contributed by atoms with Crippen LogP contribution in [0.5, 0.6) is 0 Å². The number of carbonyl (C=O) groups excluding carboxylic acids is 1. The zero-order valence-electron chi connectivity index (χ0n) is 12.1. The lowest BCUT2D eigenvalue weighted by Gasteiger charge is -2.16. The Hall–Kier alpha value is -1.000. The summed E-state index contributed by atoms with van der Waals surface area (Å²) in [6.45, 7) is 8.25. The number of aliphatic hydroxyl groups is 1. The third kappa shape index (κ3) is 4.88. The Morgan fingerprint density at radius 3 is 2.63 bits per heavy atom. The number of carbonyl (C=O) groups is 1. The summed E-state index contributed by atoms with van der Waals surface area (Å²) in [6, 6.07) is 6.07. The third-order valence-corrected chi connectivity index (χ3v) is 4.09. The first kappa shape index (κ1) is 16.1. The van der Waals surface area contributed by atoms with Crippen molar-refractivity contribution in [3.8, 4) is 0 Å². The van der Waals surface area contributed by atoms with Gasteiger partial charge in [-0.3, -0.25) is 4.79 Å². The van der Waals surface area contributed by atoms with Gasteiger partial charge < -0.3 is 10.4 Å². The summed E-state index contributed by atoms with van der Waals surface area (Å²) in [5.74, 6) is 0.730. The molecule has 1 atom stereocenters. The Balaban J connectivity index is 2.73. The second-order valence-corrected chi connectivity index (χ2v) is 6.47. The first-order valence-corrected chi connectivity index (χ1v) is 7.62. The van der Waals surface area contributed by atoms with Crippen LogP contribution < -0.4 is 5.32 Å². The highest BCUT2D eigenvalue weighted by Crippen LogP contribution is 2.27. The topological polar surface area (TPSA) is 49.3 Å². The van der Waals surface area contributed by atoms with E-state index in [1.165, 1.54) is 11.8 Å². The van der Waals surface area contributed by atoms with Gasteiger partial charge in [-0.15, -0.1) is 11.8 Å². The molecule has 0 spiro atoms. The second kappa shape index (κ2) is 7.56. The van der Waals surface area contributed by atoms with Gasteiger partial charge in [-0.05, 0) is 24.0 Å². The fraction of sp³-hybridized carbons (Fsp3) is 0.533. The number of hydrogen-bond donors (Lipinski definition) is 2. The molecule has 0 aliphatic rings. The Morgan fingerprint density at radius 1 is 1.37 bits per heavy atom. The van der Waals surface area contributed by atoms with Crippen molar-refractivity contribution in [2.75, 3.05) is 17.7 Å². The molecular formula is C15H23NO2S. The van der Waals surface area contributed by atoms with E-state index in [0.717, 1.165) is 16.8 Å². The molecule has 3 nitrogen and oxygen atoms in total. The molecule has 0 heterocycles. The summed E-state index contributed by atoms with van der Waals surface area (Å²) in [4.78, 5) is 11.9. The monoisotopic (exact) mass is 281 g/mol. The number of anilines is 1. The molecule has 0 radical (unpaired) electrons. The van der Waals surface area contributed by atoms with Crippen LogP contribution in [0.3, 0.4) is 0 Å². The molecule has 0 bridgehead atoms. The van der Waals surface area contributed by atoms with Crippen molar-refractivity contribution < 1.29 is 9.90 Å². The normalized spacial score (nSPS) is 12.5. The van der Waals surface area contributed by atoms with E-state index in [2.05, 4.69) is 25.2 Å². The molecule has 1 aromatic carbocycles. The van der Waals surface area contributed by atoms with Gasteiger partial charge in [-0.2, -0.15) is 0 Å². The summed E-state index contributed by atoms with van der Waals surface area (Å²) in [5, 5.41) is 12.0. The number of amides is 1. The van der Waals surface area contributed by atoms with E-state index < -0.39 is 0 Å². The largest absolute Gasteiger partial charge is 0.395 e. The molecule has 106 valence electrons. The summed E-state index contributed by atoms with van der Waals surface area (Å²) in [6.07, 6.45) is 0. The van der Waals surface area contributed by atoms with Gasteiger partial charge in [-0.25, -0.2) is 0 Å². The maximum absolute atomic E-state index is 11.9. The molecule has 0 aliphatic heterocycles. The van der Waals surface area contributed by atoms with E-state index in [4.69, 9.17) is 5.11 Å². The van der Waals surface area contributed by atoms with Crippen molar-refractivity contribution in [3.05, 3.63) is 29.3 Å². The average molecular weight is 281 g/mol. The maximum atomic E-state index is 11.9. The SMILES string of the molecule is Cc1cccc(C(C)C)c1NC(=O)CS[C@@H](C)CO. The van der Waals surface area contributed by atoms with Crippen LogP contribution in [0.15, 0.2) is 18.2 Å². The number of aryl methyl sites for hydroxylation is 1. The minimum Gasteiger partial charge on any atom is -0.395 e. The molecule has 0 saturated heterocycles. The summed E-state index contributed by atoms with van der Waals surface area (Å²) in [5.41, 5.74) is 3.17. The average Bonchev–Trinajstić information content (AvgIpc) is 2.38. The van der Waals surface area contributed by atoms with Crippen LogP contribution in [0, 0.1) is 6.92 Å². The Bertz CT molecular complexity index is 432. The van der Waals surface area contributed by atoms with Gasteiger partial charge in [0.15, 0.2) is 0 Å². The molecule has 1 aromatic rings. The van der Waals surface area contributed by atoms with Gasteiger partial charge in [0, 0.05) is 10.9 Å². The van der Waals surface area contributed by atoms with Crippen LogP contribution in [0.4, 0.5) is 5.69 Å². The second-order valence-electron chi connectivity index (χ2n) is 5.05. The van der Waals surface area contributed by atoms with Gasteiger partial charge in [0.1, 0.15) is 0 Å². The lowest BCUT2D eigenvalue weighted by molar-refractivity contribution is -0.113. The first-order valence-electron chi connectivity index (χ1n) is 6.57. The van der Waals surface area contributed by atoms with E-state index in [1.807, 2.05) is 26.0 Å². The lowest BCUT2D eigenvalue weighted by Crippen LogP contribution is -2.18. The molecule has 4 heteroatoms. The van der Waals surface area contributed by atoms with Gasteiger partial charge in [0.2, 0.25) is 5.91 Å². The van der Waals surface area contributed by atoms with Crippen LogP contribution in [-0.2, 0) is 4.79 Å². The standard InChI is InChI=1S/C15H23NO2S/c1-10(2)13-7-5-6-11(3)15(13)16-14(18)9-19-12(4)8-17/h5-7,10,12,17H,8-9H2,1-4H3,(H,16,18)/t12-/m0/s1. The Kier molecular flexibility index (Phi) is 6.38. The molecular weight excluding hydrogens is 258 g/mol. The van der Waals surface area contributed by atoms with Crippen LogP contribution in [0.1, 0.15) is 37.8 Å². The minimum absolute atomic E-state index is 0.0125. The van der Waals surface area contributed by atoms with E-state index in [-0.39, 0.29) is 17.8 Å². The lowest BCUT2D eigenvalue weighted by atomic mass is 9.98. The predicted octanol–water partition coefficient (Wildman–Crippen LogP) is 3.17. The highest BCUT2D eigenvalue weighted by Gasteiger charge is 2.12. The minimum atomic E-state index is -0.0125. The number of aliphatic hydroxyl groups excluding tert-OH is 1. The van der Waals surface area contributed by atoms with Crippen molar-refractivity contribution in [2.24, 2.45) is 0 Å². The predicted molar refractivity (Wildman–Crippen MR) is 82.9 cm³/mol. The summed E-state index contributed by atoms with van der Waals surface area (Å²) < 4.78 is 0. The smallest absolute Gasteiger partial charge is 0.234 e. The van der Waals surface area contributed by atoms with Crippen molar-refractivity contribution >= 4 is 23.4 Å². The number of thioether (sulfide) groups is 1. The van der Waals surface area contributed by atoms with Gasteiger partial charge in [0.25, 0.3) is 0 Å². The van der Waals surface area contributed by atoms with Gasteiger partial charge in [-0.1, -0.05) is 39.0 Å². The van der Waals surface area contributed by atoms with E-state index in [9.17, 15) is 4.79 Å². The number of nitrogens with one attached hydrogen (secondary N) is 1. The van der Waals surface area contributed by atoms with Crippen LogP contribution in [0.2, 0.25) is 0 Å². The van der Waals surface area contributed by atoms with Crippen LogP contribution in [-0.4, -0.2) is 28.6 Å². The molecule has 2 N–H and O–H groups in total. The summed E-state index contributed by atoms with van der Waals surface area (Å²) >= 11 is 1.46. The van der Waals surface area contributed by atoms with Crippen LogP contribution >= 0.6 is 11.8 Å². The van der Waals surface area contributed by atoms with Crippen molar-refractivity contribution in [1.82, 2.24) is 0 Å². The zero-order valence-corrected chi connectivity index (χ0v) is 12.9. The molecule has 0 aliphatic carbocycles. The maximum Gasteiger partial charge on any atom is 0.234 e.